The van der Waals surface area contributed by atoms with Gasteiger partial charge in [0.1, 0.15) is 11.4 Å². The van der Waals surface area contributed by atoms with Crippen LogP contribution in [0.4, 0.5) is 4.39 Å². The van der Waals surface area contributed by atoms with Crippen LogP contribution in [0, 0.1) is 5.82 Å². The van der Waals surface area contributed by atoms with Crippen molar-refractivity contribution in [3.8, 4) is 0 Å². The standard InChI is InChI=1S/C23H18FNO4S/c1-25(23(16-5-3-2-4-6-16)17-7-10-19(24)11-8-17)30(27,28)20-12-13-21-18(15-20)9-14-22(26)29-21/h2-15,23H,1H3. The van der Waals surface area contributed by atoms with Gasteiger partial charge >= 0.3 is 5.63 Å². The molecule has 1 heterocycles. The van der Waals surface area contributed by atoms with Crippen molar-refractivity contribution in [2.24, 2.45) is 0 Å². The van der Waals surface area contributed by atoms with E-state index in [-0.39, 0.29) is 4.90 Å². The van der Waals surface area contributed by atoms with Crippen LogP contribution in [0.5, 0.6) is 0 Å². The number of benzene rings is 3. The molecule has 0 bridgehead atoms. The van der Waals surface area contributed by atoms with Crippen LogP contribution in [0.25, 0.3) is 11.0 Å². The minimum atomic E-state index is -3.93. The summed E-state index contributed by atoms with van der Waals surface area (Å²) in [6.45, 7) is 0. The molecular formula is C23H18FNO4S. The van der Waals surface area contributed by atoms with Crippen LogP contribution in [0.2, 0.25) is 0 Å². The lowest BCUT2D eigenvalue weighted by atomic mass is 9.99. The van der Waals surface area contributed by atoms with Crippen molar-refractivity contribution in [1.82, 2.24) is 4.31 Å². The third kappa shape index (κ3) is 3.77. The number of halogens is 1. The number of fused-ring (bicyclic) bond motifs is 1. The van der Waals surface area contributed by atoms with Gasteiger partial charge in [0.05, 0.1) is 10.9 Å². The lowest BCUT2D eigenvalue weighted by Crippen LogP contribution is -2.32. The average molecular weight is 423 g/mol. The van der Waals surface area contributed by atoms with Crippen LogP contribution >= 0.6 is 0 Å². The summed E-state index contributed by atoms with van der Waals surface area (Å²) in [6, 6.07) is 21.4. The molecule has 1 unspecified atom stereocenters. The zero-order valence-electron chi connectivity index (χ0n) is 16.0. The van der Waals surface area contributed by atoms with E-state index >= 15 is 0 Å². The minimum absolute atomic E-state index is 0.0643. The molecule has 4 aromatic rings. The Labute approximate surface area is 173 Å². The molecule has 0 aliphatic rings. The first-order valence-electron chi connectivity index (χ1n) is 9.18. The highest BCUT2D eigenvalue weighted by Gasteiger charge is 2.30. The Morgan fingerprint density at radius 1 is 0.867 bits per heavy atom. The van der Waals surface area contributed by atoms with Crippen LogP contribution in [0.1, 0.15) is 17.2 Å². The van der Waals surface area contributed by atoms with E-state index in [9.17, 15) is 17.6 Å². The van der Waals surface area contributed by atoms with Crippen molar-refractivity contribution in [3.63, 3.8) is 0 Å². The Morgan fingerprint density at radius 3 is 2.23 bits per heavy atom. The molecule has 0 aliphatic heterocycles. The van der Waals surface area contributed by atoms with Crippen LogP contribution < -0.4 is 5.63 Å². The summed E-state index contributed by atoms with van der Waals surface area (Å²) in [6.07, 6.45) is 0. The normalized spacial score (nSPS) is 12.9. The summed E-state index contributed by atoms with van der Waals surface area (Å²) in [7, 11) is -2.43. The van der Waals surface area contributed by atoms with Gasteiger partial charge in [-0.3, -0.25) is 0 Å². The number of rotatable bonds is 5. The van der Waals surface area contributed by atoms with Crippen molar-refractivity contribution in [2.75, 3.05) is 7.05 Å². The number of sulfonamides is 1. The molecule has 3 aromatic carbocycles. The van der Waals surface area contributed by atoms with Crippen LogP contribution in [-0.2, 0) is 10.0 Å². The molecule has 0 aliphatic carbocycles. The predicted octanol–water partition coefficient (Wildman–Crippen LogP) is 4.34. The quantitative estimate of drug-likeness (QED) is 0.448. The Kier molecular flexibility index (Phi) is 5.24. The highest BCUT2D eigenvalue weighted by Crippen LogP contribution is 2.32. The molecule has 0 saturated heterocycles. The molecule has 7 heteroatoms. The summed E-state index contributed by atoms with van der Waals surface area (Å²) in [5.41, 5.74) is 1.19. The summed E-state index contributed by atoms with van der Waals surface area (Å²) < 4.78 is 46.7. The van der Waals surface area contributed by atoms with Crippen molar-refractivity contribution >= 4 is 21.0 Å². The maximum Gasteiger partial charge on any atom is 0.336 e. The first-order chi connectivity index (χ1) is 14.4. The zero-order chi connectivity index (χ0) is 21.3. The smallest absolute Gasteiger partial charge is 0.336 e. The third-order valence-corrected chi connectivity index (χ3v) is 6.75. The molecular weight excluding hydrogens is 405 g/mol. The third-order valence-electron chi connectivity index (χ3n) is 4.93. The van der Waals surface area contributed by atoms with E-state index in [0.29, 0.717) is 16.5 Å². The molecule has 4 rings (SSSR count). The van der Waals surface area contributed by atoms with Gasteiger partial charge in [0.15, 0.2) is 0 Å². The van der Waals surface area contributed by atoms with Crippen molar-refractivity contribution < 1.29 is 17.2 Å². The summed E-state index contributed by atoms with van der Waals surface area (Å²) in [5.74, 6) is -0.396. The van der Waals surface area contributed by atoms with Gasteiger partial charge in [0, 0.05) is 18.5 Å². The van der Waals surface area contributed by atoms with E-state index in [1.54, 1.807) is 12.1 Å². The molecule has 30 heavy (non-hydrogen) atoms. The topological polar surface area (TPSA) is 67.6 Å². The monoisotopic (exact) mass is 423 g/mol. The molecule has 1 atom stereocenters. The van der Waals surface area contributed by atoms with Gasteiger partial charge in [-0.05, 0) is 47.5 Å². The Bertz CT molecular complexity index is 1350. The summed E-state index contributed by atoms with van der Waals surface area (Å²) in [4.78, 5) is 11.4. The van der Waals surface area contributed by atoms with Crippen molar-refractivity contribution in [3.05, 3.63) is 112 Å². The van der Waals surface area contributed by atoms with E-state index in [1.807, 2.05) is 30.3 Å². The van der Waals surface area contributed by atoms with Crippen LogP contribution in [0.15, 0.2) is 99.0 Å². The molecule has 1 aromatic heterocycles. The maximum atomic E-state index is 13.5. The molecule has 0 amide bonds. The maximum absolute atomic E-state index is 13.5. The van der Waals surface area contributed by atoms with Gasteiger partial charge < -0.3 is 4.42 Å². The lowest BCUT2D eigenvalue weighted by molar-refractivity contribution is 0.417. The number of hydrogen-bond donors (Lipinski definition) is 0. The summed E-state index contributed by atoms with van der Waals surface area (Å²) in [5, 5.41) is 0.502. The first kappa shape index (κ1) is 20.0. The SMILES string of the molecule is CN(C(c1ccccc1)c1ccc(F)cc1)S(=O)(=O)c1ccc2oc(=O)ccc2c1. The molecule has 0 spiro atoms. The minimum Gasteiger partial charge on any atom is -0.423 e. The largest absolute Gasteiger partial charge is 0.423 e. The van der Waals surface area contributed by atoms with E-state index in [2.05, 4.69) is 0 Å². The van der Waals surface area contributed by atoms with Gasteiger partial charge in [-0.1, -0.05) is 42.5 Å². The lowest BCUT2D eigenvalue weighted by Gasteiger charge is -2.28. The molecule has 0 N–H and O–H groups in total. The molecule has 0 radical (unpaired) electrons. The summed E-state index contributed by atoms with van der Waals surface area (Å²) >= 11 is 0. The molecule has 0 fully saturated rings. The van der Waals surface area contributed by atoms with E-state index in [4.69, 9.17) is 4.42 Å². The zero-order valence-corrected chi connectivity index (χ0v) is 16.8. The second-order valence-corrected chi connectivity index (χ2v) is 8.84. The Hall–Kier alpha value is -3.29. The van der Waals surface area contributed by atoms with Gasteiger partial charge in [0.25, 0.3) is 0 Å². The Balaban J connectivity index is 1.82. The van der Waals surface area contributed by atoms with Gasteiger partial charge in [-0.15, -0.1) is 0 Å². The fraction of sp³-hybridized carbons (Fsp3) is 0.0870. The van der Waals surface area contributed by atoms with Crippen molar-refractivity contribution in [1.29, 1.82) is 0 Å². The fourth-order valence-electron chi connectivity index (χ4n) is 3.41. The van der Waals surface area contributed by atoms with Crippen molar-refractivity contribution in [2.45, 2.75) is 10.9 Å². The second-order valence-electron chi connectivity index (χ2n) is 6.84. The predicted molar refractivity (Wildman–Crippen MR) is 112 cm³/mol. The molecule has 152 valence electrons. The number of nitrogens with zero attached hydrogens (tertiary/aromatic N) is 1. The first-order valence-corrected chi connectivity index (χ1v) is 10.6. The van der Waals surface area contributed by atoms with E-state index in [1.165, 1.54) is 53.8 Å². The highest BCUT2D eigenvalue weighted by atomic mass is 32.2. The molecule has 0 saturated carbocycles. The van der Waals surface area contributed by atoms with Gasteiger partial charge in [-0.2, -0.15) is 4.31 Å². The van der Waals surface area contributed by atoms with Crippen LogP contribution in [0.3, 0.4) is 0 Å². The van der Waals surface area contributed by atoms with E-state index < -0.39 is 27.5 Å². The second kappa shape index (κ2) is 7.85. The highest BCUT2D eigenvalue weighted by molar-refractivity contribution is 7.89. The number of hydrogen-bond acceptors (Lipinski definition) is 4. The van der Waals surface area contributed by atoms with E-state index in [0.717, 1.165) is 5.56 Å². The Morgan fingerprint density at radius 2 is 1.53 bits per heavy atom. The van der Waals surface area contributed by atoms with Crippen LogP contribution in [-0.4, -0.2) is 19.8 Å². The molecule has 5 nitrogen and oxygen atoms in total. The van der Waals surface area contributed by atoms with Gasteiger partial charge in [0.2, 0.25) is 10.0 Å². The average Bonchev–Trinajstić information content (AvgIpc) is 2.75. The van der Waals surface area contributed by atoms with Gasteiger partial charge in [-0.25, -0.2) is 17.6 Å². The fourth-order valence-corrected chi connectivity index (χ4v) is 4.78.